The van der Waals surface area contributed by atoms with Crippen molar-refractivity contribution >= 4 is 10.8 Å². The monoisotopic (exact) mass is 319 g/mol. The summed E-state index contributed by atoms with van der Waals surface area (Å²) in [5.74, 6) is 2.56. The summed E-state index contributed by atoms with van der Waals surface area (Å²) in [6.07, 6.45) is 0.770. The summed E-state index contributed by atoms with van der Waals surface area (Å²) < 4.78 is 22.5. The summed E-state index contributed by atoms with van der Waals surface area (Å²) in [7, 11) is 2.32. The van der Waals surface area contributed by atoms with E-state index in [1.165, 1.54) is 0 Å². The van der Waals surface area contributed by atoms with Gasteiger partial charge in [0, 0.05) is 28.3 Å². The van der Waals surface area contributed by atoms with Gasteiger partial charge in [-0.3, -0.25) is 4.21 Å². The Balaban J connectivity index is 1.92. The van der Waals surface area contributed by atoms with Crippen LogP contribution >= 0.6 is 0 Å². The lowest BCUT2D eigenvalue weighted by Gasteiger charge is -2.08. The fourth-order valence-corrected chi connectivity index (χ4v) is 3.40. The van der Waals surface area contributed by atoms with Crippen molar-refractivity contribution in [3.63, 3.8) is 0 Å². The number of hydrogen-bond donors (Lipinski definition) is 0. The van der Waals surface area contributed by atoms with Gasteiger partial charge in [-0.25, -0.2) is 4.98 Å². The van der Waals surface area contributed by atoms with Crippen LogP contribution in [0.25, 0.3) is 0 Å². The van der Waals surface area contributed by atoms with Gasteiger partial charge in [0.25, 0.3) is 0 Å². The zero-order chi connectivity index (χ0) is 15.9. The predicted octanol–water partition coefficient (Wildman–Crippen LogP) is 2.90. The van der Waals surface area contributed by atoms with Crippen LogP contribution in [0.1, 0.15) is 16.8 Å². The first-order chi connectivity index (χ1) is 10.6. The SMILES string of the molecule is COc1cccc(CCS(=O)Cc2ccc(OC)nc2C)c1. The van der Waals surface area contributed by atoms with Gasteiger partial charge in [-0.2, -0.15) is 0 Å². The third-order valence-electron chi connectivity index (χ3n) is 3.45. The molecule has 0 aliphatic heterocycles. The molecule has 0 spiro atoms. The molecule has 1 aromatic heterocycles. The molecule has 1 heterocycles. The first kappa shape index (κ1) is 16.5. The Labute approximate surface area is 133 Å². The van der Waals surface area contributed by atoms with Crippen molar-refractivity contribution in [1.82, 2.24) is 4.98 Å². The Morgan fingerprint density at radius 2 is 1.95 bits per heavy atom. The molecule has 0 saturated carbocycles. The second kappa shape index (κ2) is 7.94. The Kier molecular flexibility index (Phi) is 5.95. The molecule has 0 aliphatic rings. The number of pyridine rings is 1. The molecular weight excluding hydrogens is 298 g/mol. The Morgan fingerprint density at radius 1 is 1.14 bits per heavy atom. The summed E-state index contributed by atoms with van der Waals surface area (Å²) in [5, 5.41) is 0. The highest BCUT2D eigenvalue weighted by Gasteiger charge is 2.07. The normalized spacial score (nSPS) is 12.0. The Bertz CT molecular complexity index is 658. The van der Waals surface area contributed by atoms with E-state index in [2.05, 4.69) is 4.98 Å². The van der Waals surface area contributed by atoms with Gasteiger partial charge in [-0.05, 0) is 36.6 Å². The van der Waals surface area contributed by atoms with Gasteiger partial charge in [0.05, 0.1) is 20.0 Å². The average molecular weight is 319 g/mol. The third kappa shape index (κ3) is 4.56. The van der Waals surface area contributed by atoms with Gasteiger partial charge < -0.3 is 9.47 Å². The molecule has 0 saturated heterocycles. The highest BCUT2D eigenvalue weighted by Crippen LogP contribution is 2.16. The van der Waals surface area contributed by atoms with Crippen LogP contribution in [-0.4, -0.2) is 29.2 Å². The number of hydrogen-bond acceptors (Lipinski definition) is 4. The molecule has 118 valence electrons. The molecule has 4 nitrogen and oxygen atoms in total. The highest BCUT2D eigenvalue weighted by molar-refractivity contribution is 7.84. The summed E-state index contributed by atoms with van der Waals surface area (Å²) in [6, 6.07) is 11.6. The number of aryl methyl sites for hydroxylation is 2. The molecule has 22 heavy (non-hydrogen) atoms. The summed E-state index contributed by atoms with van der Waals surface area (Å²) >= 11 is 0. The molecule has 0 amide bonds. The fraction of sp³-hybridized carbons (Fsp3) is 0.353. The lowest BCUT2D eigenvalue weighted by molar-refractivity contribution is 0.396. The molecule has 1 unspecified atom stereocenters. The van der Waals surface area contributed by atoms with Gasteiger partial charge >= 0.3 is 0 Å². The number of rotatable bonds is 7. The van der Waals surface area contributed by atoms with Crippen molar-refractivity contribution in [2.45, 2.75) is 19.1 Å². The molecule has 0 radical (unpaired) electrons. The first-order valence-electron chi connectivity index (χ1n) is 7.11. The maximum absolute atomic E-state index is 12.3. The molecule has 2 aromatic rings. The van der Waals surface area contributed by atoms with Crippen molar-refractivity contribution in [3.05, 3.63) is 53.2 Å². The van der Waals surface area contributed by atoms with Crippen molar-refractivity contribution in [2.24, 2.45) is 0 Å². The summed E-state index contributed by atoms with van der Waals surface area (Å²) in [5.41, 5.74) is 3.01. The van der Waals surface area contributed by atoms with Gasteiger partial charge in [-0.15, -0.1) is 0 Å². The van der Waals surface area contributed by atoms with Gasteiger partial charge in [0.2, 0.25) is 5.88 Å². The fourth-order valence-electron chi connectivity index (χ4n) is 2.14. The van der Waals surface area contributed by atoms with E-state index < -0.39 is 10.8 Å². The average Bonchev–Trinajstić information content (AvgIpc) is 2.55. The minimum atomic E-state index is -0.921. The van der Waals surface area contributed by atoms with E-state index in [4.69, 9.17) is 9.47 Å². The van der Waals surface area contributed by atoms with E-state index in [1.807, 2.05) is 43.3 Å². The van der Waals surface area contributed by atoms with Gasteiger partial charge in [0.1, 0.15) is 5.75 Å². The summed E-state index contributed by atoms with van der Waals surface area (Å²) in [4.78, 5) is 4.31. The van der Waals surface area contributed by atoms with E-state index >= 15 is 0 Å². The van der Waals surface area contributed by atoms with E-state index in [0.29, 0.717) is 17.4 Å². The molecule has 0 N–H and O–H groups in total. The molecule has 5 heteroatoms. The van der Waals surface area contributed by atoms with E-state index in [9.17, 15) is 4.21 Å². The molecular formula is C17H21NO3S. The van der Waals surface area contributed by atoms with Crippen LogP contribution in [0.15, 0.2) is 36.4 Å². The Morgan fingerprint density at radius 3 is 2.64 bits per heavy atom. The standard InChI is InChI=1S/C17H21NO3S/c1-13-15(7-8-17(18-13)21-3)12-22(19)10-9-14-5-4-6-16(11-14)20-2/h4-8,11H,9-10,12H2,1-3H3. The molecule has 1 atom stereocenters. The largest absolute Gasteiger partial charge is 0.497 e. The minimum Gasteiger partial charge on any atom is -0.497 e. The molecule has 0 fully saturated rings. The molecule has 0 aliphatic carbocycles. The van der Waals surface area contributed by atoms with Crippen LogP contribution in [0.3, 0.4) is 0 Å². The van der Waals surface area contributed by atoms with Crippen molar-refractivity contribution in [3.8, 4) is 11.6 Å². The topological polar surface area (TPSA) is 48.4 Å². The van der Waals surface area contributed by atoms with Crippen LogP contribution in [0.5, 0.6) is 11.6 Å². The van der Waals surface area contributed by atoms with Crippen LogP contribution in [0, 0.1) is 6.92 Å². The third-order valence-corrected chi connectivity index (χ3v) is 4.74. The van der Waals surface area contributed by atoms with Gasteiger partial charge in [-0.1, -0.05) is 18.2 Å². The maximum atomic E-state index is 12.3. The van der Waals surface area contributed by atoms with Crippen molar-refractivity contribution in [2.75, 3.05) is 20.0 Å². The summed E-state index contributed by atoms with van der Waals surface area (Å²) in [6.45, 7) is 1.91. The van der Waals surface area contributed by atoms with Crippen LogP contribution in [-0.2, 0) is 23.0 Å². The van der Waals surface area contributed by atoms with Crippen LogP contribution < -0.4 is 9.47 Å². The van der Waals surface area contributed by atoms with Crippen molar-refractivity contribution in [1.29, 1.82) is 0 Å². The number of ether oxygens (including phenoxy) is 2. The second-order valence-electron chi connectivity index (χ2n) is 4.99. The zero-order valence-electron chi connectivity index (χ0n) is 13.2. The number of aromatic nitrogens is 1. The quantitative estimate of drug-likeness (QED) is 0.787. The van der Waals surface area contributed by atoms with E-state index in [1.54, 1.807) is 14.2 Å². The first-order valence-corrected chi connectivity index (χ1v) is 8.59. The highest BCUT2D eigenvalue weighted by atomic mass is 32.2. The molecule has 0 bridgehead atoms. The predicted molar refractivity (Wildman–Crippen MR) is 88.9 cm³/mol. The smallest absolute Gasteiger partial charge is 0.213 e. The number of nitrogens with zero attached hydrogens (tertiary/aromatic N) is 1. The van der Waals surface area contributed by atoms with Crippen LogP contribution in [0.4, 0.5) is 0 Å². The lowest BCUT2D eigenvalue weighted by atomic mass is 10.2. The Hall–Kier alpha value is -1.88. The minimum absolute atomic E-state index is 0.521. The second-order valence-corrected chi connectivity index (χ2v) is 6.56. The van der Waals surface area contributed by atoms with Gasteiger partial charge in [0.15, 0.2) is 0 Å². The lowest BCUT2D eigenvalue weighted by Crippen LogP contribution is -2.06. The number of benzene rings is 1. The van der Waals surface area contributed by atoms with E-state index in [0.717, 1.165) is 29.0 Å². The maximum Gasteiger partial charge on any atom is 0.213 e. The molecule has 1 aromatic carbocycles. The van der Waals surface area contributed by atoms with E-state index in [-0.39, 0.29) is 0 Å². The zero-order valence-corrected chi connectivity index (χ0v) is 14.0. The molecule has 2 rings (SSSR count). The number of methoxy groups -OCH3 is 2. The van der Waals surface area contributed by atoms with Crippen molar-refractivity contribution < 1.29 is 13.7 Å². The van der Waals surface area contributed by atoms with Crippen LogP contribution in [0.2, 0.25) is 0 Å².